The van der Waals surface area contributed by atoms with Crippen LogP contribution in [0.1, 0.15) is 12.0 Å². The fourth-order valence-corrected chi connectivity index (χ4v) is 2.46. The minimum Gasteiger partial charge on any atom is -0.464 e. The molecule has 1 N–H and O–H groups in total. The molecule has 4 heteroatoms. The molecule has 0 aliphatic carbocycles. The van der Waals surface area contributed by atoms with Crippen molar-refractivity contribution in [3.8, 4) is 0 Å². The second-order valence-corrected chi connectivity index (χ2v) is 4.92. The van der Waals surface area contributed by atoms with E-state index in [0.29, 0.717) is 19.1 Å². The number of rotatable bonds is 3. The summed E-state index contributed by atoms with van der Waals surface area (Å²) in [5.74, 6) is 0.218. The summed E-state index contributed by atoms with van der Waals surface area (Å²) < 4.78 is 10.6. The molecule has 0 spiro atoms. The average Bonchev–Trinajstić information content (AvgIpc) is 3.04. The molecule has 96 valence electrons. The molecule has 1 aromatic rings. The molecular formula is C14H17NO3. The summed E-state index contributed by atoms with van der Waals surface area (Å²) in [5.41, 5.74) is 2.23. The Morgan fingerprint density at radius 3 is 3.11 bits per heavy atom. The normalized spacial score (nSPS) is 25.6. The minimum atomic E-state index is -0.232. The summed E-state index contributed by atoms with van der Waals surface area (Å²) in [7, 11) is 0. The second kappa shape index (κ2) is 4.98. The van der Waals surface area contributed by atoms with Gasteiger partial charge in [0.05, 0.1) is 13.2 Å². The summed E-state index contributed by atoms with van der Waals surface area (Å²) in [6, 6.07) is 7.76. The van der Waals surface area contributed by atoms with Gasteiger partial charge in [0.25, 0.3) is 0 Å². The highest BCUT2D eigenvalue weighted by atomic mass is 16.5. The number of nitrogens with one attached hydrogen (secondary N) is 1. The number of ether oxygens (including phenoxy) is 2. The monoisotopic (exact) mass is 247 g/mol. The molecule has 1 aromatic carbocycles. The van der Waals surface area contributed by atoms with Crippen LogP contribution in [-0.4, -0.2) is 31.8 Å². The van der Waals surface area contributed by atoms with Crippen molar-refractivity contribution in [2.24, 2.45) is 5.92 Å². The lowest BCUT2D eigenvalue weighted by molar-refractivity contribution is -0.145. The third kappa shape index (κ3) is 2.34. The molecule has 2 heterocycles. The summed E-state index contributed by atoms with van der Waals surface area (Å²) in [5, 5.41) is 3.20. The van der Waals surface area contributed by atoms with E-state index < -0.39 is 0 Å². The third-order valence-electron chi connectivity index (χ3n) is 3.54. The minimum absolute atomic E-state index is 0.155. The molecule has 0 radical (unpaired) electrons. The van der Waals surface area contributed by atoms with Gasteiger partial charge in [0.1, 0.15) is 6.04 Å². The molecule has 0 aromatic heterocycles. The molecule has 3 rings (SSSR count). The van der Waals surface area contributed by atoms with Crippen molar-refractivity contribution in [3.63, 3.8) is 0 Å². The van der Waals surface area contributed by atoms with E-state index in [4.69, 9.17) is 9.47 Å². The van der Waals surface area contributed by atoms with Gasteiger partial charge in [0, 0.05) is 24.6 Å². The van der Waals surface area contributed by atoms with Crippen LogP contribution in [0, 0.1) is 5.92 Å². The maximum atomic E-state index is 11.9. The van der Waals surface area contributed by atoms with E-state index in [1.165, 1.54) is 5.56 Å². The van der Waals surface area contributed by atoms with Crippen LogP contribution in [0.25, 0.3) is 0 Å². The summed E-state index contributed by atoms with van der Waals surface area (Å²) in [4.78, 5) is 11.9. The number of anilines is 1. The van der Waals surface area contributed by atoms with Crippen molar-refractivity contribution >= 4 is 11.7 Å². The standard InChI is InChI=1S/C14H17NO3/c16-14(18-9-10-5-6-17-8-10)13-7-11-3-1-2-4-12(11)15-13/h1-4,10,13,15H,5-9H2. The van der Waals surface area contributed by atoms with Crippen LogP contribution in [0.15, 0.2) is 24.3 Å². The highest BCUT2D eigenvalue weighted by Crippen LogP contribution is 2.25. The summed E-state index contributed by atoms with van der Waals surface area (Å²) >= 11 is 0. The van der Waals surface area contributed by atoms with E-state index in [0.717, 1.165) is 25.1 Å². The van der Waals surface area contributed by atoms with E-state index in [1.807, 2.05) is 24.3 Å². The number of carbonyl (C=O) groups excluding carboxylic acids is 1. The van der Waals surface area contributed by atoms with Gasteiger partial charge >= 0.3 is 5.97 Å². The van der Waals surface area contributed by atoms with Gasteiger partial charge in [-0.15, -0.1) is 0 Å². The largest absolute Gasteiger partial charge is 0.464 e. The molecule has 2 aliphatic rings. The van der Waals surface area contributed by atoms with Crippen LogP contribution in [0.4, 0.5) is 5.69 Å². The van der Waals surface area contributed by atoms with E-state index in [-0.39, 0.29) is 12.0 Å². The fourth-order valence-electron chi connectivity index (χ4n) is 2.46. The van der Waals surface area contributed by atoms with Crippen molar-refractivity contribution in [1.29, 1.82) is 0 Å². The number of hydrogen-bond acceptors (Lipinski definition) is 4. The number of fused-ring (bicyclic) bond motifs is 1. The van der Waals surface area contributed by atoms with Crippen molar-refractivity contribution in [3.05, 3.63) is 29.8 Å². The average molecular weight is 247 g/mol. The Labute approximate surface area is 106 Å². The number of esters is 1. The third-order valence-corrected chi connectivity index (χ3v) is 3.54. The van der Waals surface area contributed by atoms with Crippen LogP contribution in [0.2, 0.25) is 0 Å². The molecule has 0 saturated carbocycles. The maximum absolute atomic E-state index is 11.9. The zero-order valence-electron chi connectivity index (χ0n) is 10.2. The van der Waals surface area contributed by atoms with Crippen LogP contribution in [-0.2, 0) is 20.7 Å². The van der Waals surface area contributed by atoms with E-state index in [9.17, 15) is 4.79 Å². The van der Waals surface area contributed by atoms with Crippen molar-refractivity contribution in [2.45, 2.75) is 18.9 Å². The lowest BCUT2D eigenvalue weighted by Crippen LogP contribution is -2.30. The van der Waals surface area contributed by atoms with Gasteiger partial charge < -0.3 is 14.8 Å². The number of benzene rings is 1. The Bertz CT molecular complexity index is 415. The Hall–Kier alpha value is -1.55. The van der Waals surface area contributed by atoms with Crippen molar-refractivity contribution in [1.82, 2.24) is 0 Å². The Morgan fingerprint density at radius 1 is 1.44 bits per heavy atom. The number of para-hydroxylation sites is 1. The molecule has 2 aliphatic heterocycles. The van der Waals surface area contributed by atoms with E-state index >= 15 is 0 Å². The molecule has 0 bridgehead atoms. The number of carbonyl (C=O) groups is 1. The van der Waals surface area contributed by atoms with Crippen LogP contribution < -0.4 is 5.32 Å². The van der Waals surface area contributed by atoms with Gasteiger partial charge in [0.2, 0.25) is 0 Å². The molecule has 18 heavy (non-hydrogen) atoms. The first-order valence-corrected chi connectivity index (χ1v) is 6.42. The Kier molecular flexibility index (Phi) is 3.19. The smallest absolute Gasteiger partial charge is 0.328 e. The van der Waals surface area contributed by atoms with E-state index in [2.05, 4.69) is 5.32 Å². The molecule has 2 unspecified atom stereocenters. The van der Waals surface area contributed by atoms with Gasteiger partial charge in [-0.05, 0) is 18.1 Å². The zero-order valence-corrected chi connectivity index (χ0v) is 10.2. The van der Waals surface area contributed by atoms with Crippen LogP contribution in [0.3, 0.4) is 0 Å². The van der Waals surface area contributed by atoms with Gasteiger partial charge in [-0.2, -0.15) is 0 Å². The maximum Gasteiger partial charge on any atom is 0.328 e. The summed E-state index contributed by atoms with van der Waals surface area (Å²) in [6.45, 7) is 1.98. The van der Waals surface area contributed by atoms with Crippen LogP contribution >= 0.6 is 0 Å². The lowest BCUT2D eigenvalue weighted by atomic mass is 10.1. The van der Waals surface area contributed by atoms with Crippen LogP contribution in [0.5, 0.6) is 0 Å². The number of hydrogen-bond donors (Lipinski definition) is 1. The summed E-state index contributed by atoms with van der Waals surface area (Å²) in [6.07, 6.45) is 1.71. The molecule has 0 amide bonds. The van der Waals surface area contributed by atoms with Gasteiger partial charge in [0.15, 0.2) is 0 Å². The van der Waals surface area contributed by atoms with E-state index in [1.54, 1.807) is 0 Å². The Morgan fingerprint density at radius 2 is 2.33 bits per heavy atom. The van der Waals surface area contributed by atoms with Gasteiger partial charge in [-0.1, -0.05) is 18.2 Å². The van der Waals surface area contributed by atoms with Crippen molar-refractivity contribution in [2.75, 3.05) is 25.1 Å². The predicted octanol–water partition coefficient (Wildman–Crippen LogP) is 1.60. The molecule has 1 saturated heterocycles. The highest BCUT2D eigenvalue weighted by molar-refractivity contribution is 5.82. The first kappa shape index (κ1) is 11.5. The molecule has 2 atom stereocenters. The first-order valence-electron chi connectivity index (χ1n) is 6.42. The highest BCUT2D eigenvalue weighted by Gasteiger charge is 2.28. The topological polar surface area (TPSA) is 47.6 Å². The molecular weight excluding hydrogens is 230 g/mol. The van der Waals surface area contributed by atoms with Gasteiger partial charge in [-0.25, -0.2) is 4.79 Å². The SMILES string of the molecule is O=C(OCC1CCOC1)C1Cc2ccccc2N1. The molecule has 1 fully saturated rings. The first-order chi connectivity index (χ1) is 8.83. The van der Waals surface area contributed by atoms with Gasteiger partial charge in [-0.3, -0.25) is 0 Å². The fraction of sp³-hybridized carbons (Fsp3) is 0.500. The predicted molar refractivity (Wildman–Crippen MR) is 67.4 cm³/mol. The van der Waals surface area contributed by atoms with Crippen molar-refractivity contribution < 1.29 is 14.3 Å². The molecule has 4 nitrogen and oxygen atoms in total. The Balaban J connectivity index is 1.52. The lowest BCUT2D eigenvalue weighted by Gasteiger charge is -2.13. The quantitative estimate of drug-likeness (QED) is 0.824. The second-order valence-electron chi connectivity index (χ2n) is 4.92. The zero-order chi connectivity index (χ0) is 12.4.